The zero-order valence-corrected chi connectivity index (χ0v) is 13.9. The van der Waals surface area contributed by atoms with Gasteiger partial charge in [-0.2, -0.15) is 4.68 Å². The summed E-state index contributed by atoms with van der Waals surface area (Å²) >= 11 is 0. The Labute approximate surface area is 144 Å². The molecule has 1 fully saturated rings. The molecule has 2 aromatic rings. The molecule has 1 aromatic heterocycles. The molecule has 132 valence electrons. The quantitative estimate of drug-likeness (QED) is 0.752. The van der Waals surface area contributed by atoms with Crippen molar-refractivity contribution >= 4 is 11.9 Å². The Kier molecular flexibility index (Phi) is 4.97. The van der Waals surface area contributed by atoms with Crippen molar-refractivity contribution in [1.29, 1.82) is 0 Å². The van der Waals surface area contributed by atoms with E-state index < -0.39 is 24.4 Å². The lowest BCUT2D eigenvalue weighted by molar-refractivity contribution is -0.159. The van der Waals surface area contributed by atoms with Crippen molar-refractivity contribution in [3.05, 3.63) is 40.9 Å². The van der Waals surface area contributed by atoms with Crippen LogP contribution in [0, 0.1) is 0 Å². The molecule has 25 heavy (non-hydrogen) atoms. The zero-order chi connectivity index (χ0) is 17.8. The topological polar surface area (TPSA) is 94.6 Å². The minimum atomic E-state index is -0.887. The fourth-order valence-electron chi connectivity index (χ4n) is 2.71. The first-order chi connectivity index (χ1) is 12.0. The maximum absolute atomic E-state index is 12.1. The summed E-state index contributed by atoms with van der Waals surface area (Å²) in [6, 6.07) is 8.88. The smallest absolute Gasteiger partial charge is 0.437 e. The van der Waals surface area contributed by atoms with Crippen molar-refractivity contribution in [3.8, 4) is 11.5 Å². The SMILES string of the molecule is C[C@@H](OC(=O)Cn1nc(-c2ccccc2)oc1=O)C(=O)N1CCCC1. The fourth-order valence-corrected chi connectivity index (χ4v) is 2.71. The summed E-state index contributed by atoms with van der Waals surface area (Å²) in [6.45, 7) is 2.49. The lowest BCUT2D eigenvalue weighted by Crippen LogP contribution is -2.39. The largest absolute Gasteiger partial charge is 0.451 e. The van der Waals surface area contributed by atoms with Gasteiger partial charge in [0.25, 0.3) is 5.91 Å². The van der Waals surface area contributed by atoms with E-state index in [4.69, 9.17) is 9.15 Å². The molecule has 3 rings (SSSR count). The van der Waals surface area contributed by atoms with Crippen LogP contribution < -0.4 is 5.76 Å². The van der Waals surface area contributed by atoms with E-state index in [0.29, 0.717) is 18.7 Å². The molecule has 0 unspecified atom stereocenters. The highest BCUT2D eigenvalue weighted by Gasteiger charge is 2.26. The Bertz CT molecular complexity index is 805. The van der Waals surface area contributed by atoms with E-state index in [2.05, 4.69) is 5.10 Å². The number of aromatic nitrogens is 2. The average molecular weight is 345 g/mol. The summed E-state index contributed by atoms with van der Waals surface area (Å²) in [5.74, 6) is -1.56. The first kappa shape index (κ1) is 16.9. The predicted octanol–water partition coefficient (Wildman–Crippen LogP) is 1.06. The Morgan fingerprint density at radius 1 is 1.24 bits per heavy atom. The lowest BCUT2D eigenvalue weighted by atomic mass is 10.2. The lowest BCUT2D eigenvalue weighted by Gasteiger charge is -2.20. The number of hydrogen-bond donors (Lipinski definition) is 0. The second-order valence-electron chi connectivity index (χ2n) is 5.86. The summed E-state index contributed by atoms with van der Waals surface area (Å²) in [4.78, 5) is 37.6. The Morgan fingerprint density at radius 3 is 2.60 bits per heavy atom. The molecule has 8 heteroatoms. The van der Waals surface area contributed by atoms with E-state index in [9.17, 15) is 14.4 Å². The van der Waals surface area contributed by atoms with Gasteiger partial charge in [-0.3, -0.25) is 9.59 Å². The number of rotatable bonds is 5. The molecule has 1 aliphatic heterocycles. The van der Waals surface area contributed by atoms with E-state index >= 15 is 0 Å². The van der Waals surface area contributed by atoms with Gasteiger partial charge in [0.15, 0.2) is 6.10 Å². The molecule has 8 nitrogen and oxygen atoms in total. The minimum absolute atomic E-state index is 0.125. The molecule has 0 N–H and O–H groups in total. The second kappa shape index (κ2) is 7.33. The Balaban J connectivity index is 1.62. The maximum Gasteiger partial charge on any atom is 0.437 e. The number of carbonyl (C=O) groups excluding carboxylic acids is 2. The summed E-state index contributed by atoms with van der Waals surface area (Å²) in [7, 11) is 0. The number of likely N-dealkylation sites (tertiary alicyclic amines) is 1. The number of carbonyl (C=O) groups is 2. The van der Waals surface area contributed by atoms with Crippen molar-refractivity contribution in [3.63, 3.8) is 0 Å². The zero-order valence-electron chi connectivity index (χ0n) is 13.9. The van der Waals surface area contributed by atoms with Crippen LogP contribution in [0.1, 0.15) is 19.8 Å². The van der Waals surface area contributed by atoms with Gasteiger partial charge in [0.05, 0.1) is 0 Å². The highest BCUT2D eigenvalue weighted by molar-refractivity contribution is 5.83. The molecule has 2 heterocycles. The summed E-state index contributed by atoms with van der Waals surface area (Å²) in [5.41, 5.74) is 0.629. The molecule has 0 aliphatic carbocycles. The Morgan fingerprint density at radius 2 is 1.92 bits per heavy atom. The van der Waals surface area contributed by atoms with Gasteiger partial charge in [0, 0.05) is 18.7 Å². The van der Waals surface area contributed by atoms with E-state index in [1.807, 2.05) is 6.07 Å². The third kappa shape index (κ3) is 3.96. The van der Waals surface area contributed by atoms with Crippen molar-refractivity contribution < 1.29 is 18.7 Å². The van der Waals surface area contributed by atoms with E-state index in [1.165, 1.54) is 6.92 Å². The normalized spacial score (nSPS) is 15.2. The molecule has 1 aromatic carbocycles. The fraction of sp³-hybridized carbons (Fsp3) is 0.412. The van der Waals surface area contributed by atoms with Gasteiger partial charge in [-0.1, -0.05) is 18.2 Å². The van der Waals surface area contributed by atoms with Crippen LogP contribution in [-0.4, -0.2) is 45.8 Å². The summed E-state index contributed by atoms with van der Waals surface area (Å²) in [6.07, 6.45) is 1.04. The molecule has 0 saturated carbocycles. The van der Waals surface area contributed by atoms with E-state index in [-0.39, 0.29) is 11.8 Å². The third-order valence-electron chi connectivity index (χ3n) is 3.98. The van der Waals surface area contributed by atoms with Crippen LogP contribution in [0.15, 0.2) is 39.5 Å². The Hall–Kier alpha value is -2.90. The van der Waals surface area contributed by atoms with E-state index in [0.717, 1.165) is 17.5 Å². The molecule has 1 aliphatic rings. The molecule has 1 saturated heterocycles. The van der Waals surface area contributed by atoms with Crippen molar-refractivity contribution in [2.24, 2.45) is 0 Å². The van der Waals surface area contributed by atoms with Gasteiger partial charge in [-0.05, 0) is 31.9 Å². The number of benzene rings is 1. The van der Waals surface area contributed by atoms with Gasteiger partial charge in [-0.25, -0.2) is 4.79 Å². The van der Waals surface area contributed by atoms with Gasteiger partial charge in [-0.15, -0.1) is 5.10 Å². The standard InChI is InChI=1S/C17H19N3O5/c1-12(16(22)19-9-5-6-10-19)24-14(21)11-20-17(23)25-15(18-20)13-7-3-2-4-8-13/h2-4,7-8,12H,5-6,9-11H2,1H3/t12-/m1/s1. The van der Waals surface area contributed by atoms with Crippen molar-refractivity contribution in [2.75, 3.05) is 13.1 Å². The highest BCUT2D eigenvalue weighted by atomic mass is 16.5. The summed E-state index contributed by atoms with van der Waals surface area (Å²) < 4.78 is 11.1. The van der Waals surface area contributed by atoms with Crippen molar-refractivity contribution in [2.45, 2.75) is 32.4 Å². The molecule has 0 radical (unpaired) electrons. The monoisotopic (exact) mass is 345 g/mol. The molecule has 1 atom stereocenters. The van der Waals surface area contributed by atoms with Gasteiger partial charge < -0.3 is 14.1 Å². The van der Waals surface area contributed by atoms with E-state index in [1.54, 1.807) is 29.2 Å². The van der Waals surface area contributed by atoms with Crippen LogP contribution in [0.2, 0.25) is 0 Å². The number of ether oxygens (including phenoxy) is 1. The average Bonchev–Trinajstić information content (AvgIpc) is 3.25. The van der Waals surface area contributed by atoms with Crippen molar-refractivity contribution in [1.82, 2.24) is 14.7 Å². The van der Waals surface area contributed by atoms with Crippen LogP contribution >= 0.6 is 0 Å². The van der Waals surface area contributed by atoms with Crippen LogP contribution in [0.25, 0.3) is 11.5 Å². The number of amides is 1. The number of nitrogens with zero attached hydrogens (tertiary/aromatic N) is 3. The number of hydrogen-bond acceptors (Lipinski definition) is 6. The molecular weight excluding hydrogens is 326 g/mol. The van der Waals surface area contributed by atoms with Crippen LogP contribution in [0.5, 0.6) is 0 Å². The van der Waals surface area contributed by atoms with Gasteiger partial charge in [0.1, 0.15) is 6.54 Å². The van der Waals surface area contributed by atoms with Crippen LogP contribution in [-0.2, 0) is 20.9 Å². The summed E-state index contributed by atoms with van der Waals surface area (Å²) in [5, 5.41) is 3.99. The molecular formula is C17H19N3O5. The molecule has 1 amide bonds. The maximum atomic E-state index is 12.1. The highest BCUT2D eigenvalue weighted by Crippen LogP contribution is 2.14. The third-order valence-corrected chi connectivity index (χ3v) is 3.98. The second-order valence-corrected chi connectivity index (χ2v) is 5.86. The predicted molar refractivity (Wildman–Crippen MR) is 87.6 cm³/mol. The first-order valence-corrected chi connectivity index (χ1v) is 8.16. The van der Waals surface area contributed by atoms with Gasteiger partial charge >= 0.3 is 11.7 Å². The first-order valence-electron chi connectivity index (χ1n) is 8.16. The minimum Gasteiger partial charge on any atom is -0.451 e. The number of esters is 1. The molecule has 0 bridgehead atoms. The van der Waals surface area contributed by atoms with Gasteiger partial charge in [0.2, 0.25) is 5.89 Å². The van der Waals surface area contributed by atoms with Crippen LogP contribution in [0.3, 0.4) is 0 Å². The van der Waals surface area contributed by atoms with Crippen LogP contribution in [0.4, 0.5) is 0 Å². The molecule has 0 spiro atoms.